The SMILES string of the molecule is CCOc1c(Nc2ccc(OC)cc2OC)c(=O)c1=O. The summed E-state index contributed by atoms with van der Waals surface area (Å²) >= 11 is 0. The molecule has 0 aliphatic heterocycles. The maximum absolute atomic E-state index is 11.6. The van der Waals surface area contributed by atoms with E-state index in [9.17, 15) is 9.59 Å². The van der Waals surface area contributed by atoms with Gasteiger partial charge in [0.1, 0.15) is 17.2 Å². The molecule has 0 saturated heterocycles. The lowest BCUT2D eigenvalue weighted by Crippen LogP contribution is -2.35. The normalized spacial score (nSPS) is 10.3. The van der Waals surface area contributed by atoms with Crippen LogP contribution in [0.25, 0.3) is 0 Å². The maximum Gasteiger partial charge on any atom is 0.272 e. The van der Waals surface area contributed by atoms with Crippen LogP contribution in [0.15, 0.2) is 27.8 Å². The van der Waals surface area contributed by atoms with Gasteiger partial charge >= 0.3 is 0 Å². The van der Waals surface area contributed by atoms with Gasteiger partial charge in [0.05, 0.1) is 26.5 Å². The van der Waals surface area contributed by atoms with E-state index >= 15 is 0 Å². The molecule has 0 aliphatic rings. The summed E-state index contributed by atoms with van der Waals surface area (Å²) in [5, 5.41) is 2.87. The van der Waals surface area contributed by atoms with E-state index in [0.717, 1.165) is 0 Å². The second-order valence-electron chi connectivity index (χ2n) is 3.99. The molecule has 1 N–H and O–H groups in total. The Morgan fingerprint density at radius 2 is 1.85 bits per heavy atom. The van der Waals surface area contributed by atoms with Gasteiger partial charge in [-0.15, -0.1) is 0 Å². The third kappa shape index (κ3) is 2.32. The van der Waals surface area contributed by atoms with Gasteiger partial charge in [0.25, 0.3) is 10.9 Å². The average Bonchev–Trinajstić information content (AvgIpc) is 2.50. The number of benzene rings is 1. The van der Waals surface area contributed by atoms with Gasteiger partial charge in [0.2, 0.25) is 0 Å². The molecule has 2 aromatic rings. The molecule has 20 heavy (non-hydrogen) atoms. The summed E-state index contributed by atoms with van der Waals surface area (Å²) < 4.78 is 15.4. The number of ether oxygens (including phenoxy) is 3. The molecule has 2 aromatic carbocycles. The number of anilines is 2. The van der Waals surface area contributed by atoms with Gasteiger partial charge in [0.15, 0.2) is 5.75 Å². The number of rotatable bonds is 6. The van der Waals surface area contributed by atoms with Crippen LogP contribution >= 0.6 is 0 Å². The van der Waals surface area contributed by atoms with Gasteiger partial charge < -0.3 is 19.5 Å². The van der Waals surface area contributed by atoms with Crippen molar-refractivity contribution in [3.63, 3.8) is 0 Å². The van der Waals surface area contributed by atoms with Crippen LogP contribution in [0.4, 0.5) is 11.4 Å². The summed E-state index contributed by atoms with van der Waals surface area (Å²) in [5.41, 5.74) is -0.491. The highest BCUT2D eigenvalue weighted by Gasteiger charge is 2.23. The van der Waals surface area contributed by atoms with Crippen LogP contribution < -0.4 is 30.4 Å². The molecule has 0 heterocycles. The van der Waals surface area contributed by atoms with Crippen molar-refractivity contribution in [1.82, 2.24) is 0 Å². The lowest BCUT2D eigenvalue weighted by Gasteiger charge is -2.15. The first-order valence-electron chi connectivity index (χ1n) is 6.07. The van der Waals surface area contributed by atoms with Gasteiger partial charge in [-0.1, -0.05) is 0 Å². The maximum atomic E-state index is 11.6. The Kier molecular flexibility index (Phi) is 3.93. The third-order valence-corrected chi connectivity index (χ3v) is 2.82. The van der Waals surface area contributed by atoms with Gasteiger partial charge in [-0.05, 0) is 19.1 Å². The van der Waals surface area contributed by atoms with Crippen molar-refractivity contribution >= 4 is 11.4 Å². The molecular weight excluding hydrogens is 262 g/mol. The Bertz CT molecular complexity index is 685. The van der Waals surface area contributed by atoms with Crippen LogP contribution in [0.1, 0.15) is 6.92 Å². The van der Waals surface area contributed by atoms with Crippen molar-refractivity contribution in [3.05, 3.63) is 38.6 Å². The molecule has 0 saturated carbocycles. The minimum absolute atomic E-state index is 0.0652. The zero-order valence-corrected chi connectivity index (χ0v) is 11.5. The Labute approximate surface area is 115 Å². The highest BCUT2D eigenvalue weighted by molar-refractivity contribution is 5.73. The lowest BCUT2D eigenvalue weighted by molar-refractivity contribution is 0.335. The van der Waals surface area contributed by atoms with E-state index in [0.29, 0.717) is 23.8 Å². The Balaban J connectivity index is 2.33. The second-order valence-corrected chi connectivity index (χ2v) is 3.99. The van der Waals surface area contributed by atoms with Crippen LogP contribution in [0.3, 0.4) is 0 Å². The zero-order chi connectivity index (χ0) is 14.7. The summed E-state index contributed by atoms with van der Waals surface area (Å²) in [4.78, 5) is 22.9. The van der Waals surface area contributed by atoms with E-state index in [1.54, 1.807) is 32.2 Å². The molecule has 0 aliphatic carbocycles. The first-order valence-corrected chi connectivity index (χ1v) is 6.07. The van der Waals surface area contributed by atoms with E-state index in [2.05, 4.69) is 5.32 Å². The zero-order valence-electron chi connectivity index (χ0n) is 11.5. The predicted molar refractivity (Wildman–Crippen MR) is 75.4 cm³/mol. The molecule has 0 fully saturated rings. The predicted octanol–water partition coefficient (Wildman–Crippen LogP) is 1.44. The highest BCUT2D eigenvalue weighted by Crippen LogP contribution is 2.32. The van der Waals surface area contributed by atoms with Gasteiger partial charge in [-0.25, -0.2) is 0 Å². The van der Waals surface area contributed by atoms with E-state index in [1.807, 2.05) is 0 Å². The standard InChI is InChI=1S/C14H15NO5/c1-4-20-14-11(12(16)13(14)17)15-9-6-5-8(18-2)7-10(9)19-3/h5-7,15H,4H2,1-3H3. The number of hydrogen-bond donors (Lipinski definition) is 1. The molecule has 0 atom stereocenters. The number of nitrogens with one attached hydrogen (secondary N) is 1. The largest absolute Gasteiger partial charge is 0.497 e. The summed E-state index contributed by atoms with van der Waals surface area (Å²) in [5.74, 6) is 1.19. The molecule has 0 unspecified atom stereocenters. The van der Waals surface area contributed by atoms with Gasteiger partial charge in [-0.2, -0.15) is 0 Å². The van der Waals surface area contributed by atoms with Crippen LogP contribution in [0.5, 0.6) is 17.2 Å². The van der Waals surface area contributed by atoms with Crippen molar-refractivity contribution in [2.24, 2.45) is 0 Å². The monoisotopic (exact) mass is 277 g/mol. The van der Waals surface area contributed by atoms with Crippen molar-refractivity contribution in [2.45, 2.75) is 6.92 Å². The topological polar surface area (TPSA) is 73.9 Å². The molecule has 0 aromatic heterocycles. The first-order chi connectivity index (χ1) is 9.62. The Hall–Kier alpha value is -2.50. The number of hydrogen-bond acceptors (Lipinski definition) is 6. The van der Waals surface area contributed by atoms with Gasteiger partial charge in [-0.3, -0.25) is 9.59 Å². The van der Waals surface area contributed by atoms with E-state index in [-0.39, 0.29) is 11.4 Å². The van der Waals surface area contributed by atoms with Crippen LogP contribution in [0.2, 0.25) is 0 Å². The van der Waals surface area contributed by atoms with Crippen molar-refractivity contribution in [3.8, 4) is 17.2 Å². The van der Waals surface area contributed by atoms with E-state index in [1.165, 1.54) is 7.11 Å². The highest BCUT2D eigenvalue weighted by atomic mass is 16.5. The Morgan fingerprint density at radius 1 is 1.10 bits per heavy atom. The van der Waals surface area contributed by atoms with E-state index in [4.69, 9.17) is 14.2 Å². The molecule has 0 bridgehead atoms. The molecule has 0 amide bonds. The molecule has 6 heteroatoms. The molecule has 2 rings (SSSR count). The smallest absolute Gasteiger partial charge is 0.272 e. The summed E-state index contributed by atoms with van der Waals surface area (Å²) in [6, 6.07) is 5.09. The van der Waals surface area contributed by atoms with Crippen LogP contribution in [0, 0.1) is 0 Å². The minimum atomic E-state index is -0.609. The second kappa shape index (κ2) is 5.64. The van der Waals surface area contributed by atoms with Crippen molar-refractivity contribution in [1.29, 1.82) is 0 Å². The minimum Gasteiger partial charge on any atom is -0.497 e. The first kappa shape index (κ1) is 13.9. The fourth-order valence-electron chi connectivity index (χ4n) is 1.80. The van der Waals surface area contributed by atoms with Crippen molar-refractivity contribution < 1.29 is 14.2 Å². The quantitative estimate of drug-likeness (QED) is 0.805. The number of methoxy groups -OCH3 is 2. The fraction of sp³-hybridized carbons (Fsp3) is 0.286. The summed E-state index contributed by atoms with van der Waals surface area (Å²) in [7, 11) is 3.05. The summed E-state index contributed by atoms with van der Waals surface area (Å²) in [6.45, 7) is 2.06. The average molecular weight is 277 g/mol. The Morgan fingerprint density at radius 3 is 2.45 bits per heavy atom. The molecule has 6 nitrogen and oxygen atoms in total. The van der Waals surface area contributed by atoms with Crippen LogP contribution in [-0.4, -0.2) is 20.8 Å². The van der Waals surface area contributed by atoms with E-state index < -0.39 is 10.9 Å². The fourth-order valence-corrected chi connectivity index (χ4v) is 1.80. The lowest BCUT2D eigenvalue weighted by atomic mass is 10.2. The molecule has 0 spiro atoms. The molecule has 106 valence electrons. The summed E-state index contributed by atoms with van der Waals surface area (Å²) in [6.07, 6.45) is 0. The molecule has 0 radical (unpaired) electrons. The van der Waals surface area contributed by atoms with Crippen LogP contribution in [-0.2, 0) is 0 Å². The third-order valence-electron chi connectivity index (χ3n) is 2.82. The molecular formula is C14H15NO5. The van der Waals surface area contributed by atoms with Gasteiger partial charge in [0, 0.05) is 6.07 Å². The van der Waals surface area contributed by atoms with Crippen molar-refractivity contribution in [2.75, 3.05) is 26.1 Å².